The molecular weight excluding hydrogens is 1940 g/mol. The van der Waals surface area contributed by atoms with Crippen LogP contribution in [0.1, 0.15) is 70.7 Å². The maximum atomic E-state index is 14.0. The van der Waals surface area contributed by atoms with Gasteiger partial charge in [-0.25, -0.2) is 0 Å². The Hall–Kier alpha value is 3.22. The van der Waals surface area contributed by atoms with Gasteiger partial charge in [0.1, 0.15) is 0 Å². The van der Waals surface area contributed by atoms with E-state index in [0.717, 1.165) is 24.9 Å². The zero-order valence-electron chi connectivity index (χ0n) is 80.9. The molecule has 0 aromatic carbocycles. The van der Waals surface area contributed by atoms with Crippen LogP contribution in [0.3, 0.4) is 0 Å². The van der Waals surface area contributed by atoms with Crippen LogP contribution in [0.4, 0.5) is 0 Å². The number of esters is 1. The molecule has 28 nitrogen and oxygen atoms in total. The van der Waals surface area contributed by atoms with Gasteiger partial charge in [-0.15, -0.1) is 0 Å². The summed E-state index contributed by atoms with van der Waals surface area (Å²) in [5.74, 6) is -0.658. The van der Waals surface area contributed by atoms with E-state index >= 15 is 0 Å². The Morgan fingerprint density at radius 3 is 0.858 bits per heavy atom. The van der Waals surface area contributed by atoms with Crippen molar-refractivity contribution in [3.63, 3.8) is 0 Å². The highest BCUT2D eigenvalue weighted by molar-refractivity contribution is 7.67. The van der Waals surface area contributed by atoms with Crippen molar-refractivity contribution >= 4 is 209 Å². The van der Waals surface area contributed by atoms with E-state index < -0.39 is 208 Å². The smallest absolute Gasteiger partial charge is 0.500 e. The van der Waals surface area contributed by atoms with Gasteiger partial charge >= 0.3 is 177 Å². The SMILES string of the molecule is C.C.C.C.C.C.C=COC.CO[Si](CCCOC(=O)C(C)C[Si]1(C)CCCCO[Si](C)(C)O[Si](C)(CC[Si](C)([Si](C)(C)O[Si](C)(C)O[Si](C)(C)O[Si](C)(C)O[Si](C)(C)O[Si](C)(C)O[Si](C)(C)O[Si](C)(C)O[Si](C)(C)O)[Si](C)(C)O[Si](C)(C)O[Si](C)(C)O[Si](C)(C)O[Si](C)(C)O[Si](C)(C)O[Si](C)(C)O[Si](C)(C)O[Si](C)(C)O[Si](C)(C)O)O1)(OC)OC. The van der Waals surface area contributed by atoms with Gasteiger partial charge in [0.15, 0.2) is 24.0 Å². The molecule has 0 radical (unpaired) electrons. The zero-order chi connectivity index (χ0) is 90.6. The molecule has 0 aromatic rings. The van der Waals surface area contributed by atoms with Crippen LogP contribution in [0, 0.1) is 5.92 Å². The standard InChI is InChI=1S/C59H164O27Si24.C3H6O.6CH4/c1-58(59(60)66-51-50-54-110(63-2,64-3)65-4)57-107(45)53-49-48-52-67-89(9,10)85-108(46,86-107)55-56-109(47,105(41,42)83-103(37,38)81-101(33,34)79-99(29,30)77-97(25,26)75-95(21,22)73-93(17,18)71-91(13,14)69-88(7,8)62)106(43,44)84-104(39,40)82-102(35,36)80-100(31,32)78-98(27,28)76-96(23,24)74-94(19,20)72-92(15,16)70-90(11,12)68-87(5,6)61;1-3-4-2;;;;;;/h58,61-62H,48-57H2,1-47H3;3H,1H2,2H3;6*1H4. The van der Waals surface area contributed by atoms with Gasteiger partial charge in [-0.2, -0.15) is 0 Å². The fourth-order valence-electron chi connectivity index (χ4n) is 16.7. The first-order valence-electron chi connectivity index (χ1n) is 40.3. The van der Waals surface area contributed by atoms with Crippen molar-refractivity contribution in [3.8, 4) is 0 Å². The first kappa shape index (κ1) is 136. The number of rotatable bonds is 50. The van der Waals surface area contributed by atoms with Gasteiger partial charge in [0.05, 0.1) is 33.0 Å². The molecule has 4 atom stereocenters. The van der Waals surface area contributed by atoms with Gasteiger partial charge in [0, 0.05) is 34.0 Å². The summed E-state index contributed by atoms with van der Waals surface area (Å²) in [4.78, 5) is 35.3. The average molecular weight is 2130 g/mol. The molecule has 2 N–H and O–H groups in total. The van der Waals surface area contributed by atoms with E-state index in [1.807, 2.05) is 112 Å². The van der Waals surface area contributed by atoms with Crippen molar-refractivity contribution in [2.45, 2.75) is 382 Å². The number of carbonyl (C=O) groups is 1. The monoisotopic (exact) mass is 2130 g/mol. The maximum absolute atomic E-state index is 14.0. The molecule has 0 saturated carbocycles. The average Bonchev–Trinajstić information content (AvgIpc) is 0.735. The molecule has 52 heteroatoms. The minimum atomic E-state index is -3.23. The molecule has 0 bridgehead atoms. The molecule has 1 aliphatic rings. The van der Waals surface area contributed by atoms with Crippen molar-refractivity contribution in [1.29, 1.82) is 0 Å². The highest BCUT2D eigenvalue weighted by Crippen LogP contribution is 2.44. The second-order valence-corrected chi connectivity index (χ2v) is 141. The summed E-state index contributed by atoms with van der Waals surface area (Å²) in [7, 11) is -63.7. The summed E-state index contributed by atoms with van der Waals surface area (Å²) in [6, 6.07) is 3.39. The number of hydrogen-bond acceptors (Lipinski definition) is 28. The van der Waals surface area contributed by atoms with Crippen LogP contribution >= 0.6 is 0 Å². The van der Waals surface area contributed by atoms with Crippen molar-refractivity contribution in [2.24, 2.45) is 5.92 Å². The van der Waals surface area contributed by atoms with E-state index in [4.69, 9.17) is 101 Å². The lowest BCUT2D eigenvalue weighted by Gasteiger charge is -2.54. The third-order valence-electron chi connectivity index (χ3n) is 17.7. The van der Waals surface area contributed by atoms with Gasteiger partial charge < -0.3 is 115 Å². The summed E-state index contributed by atoms with van der Waals surface area (Å²) >= 11 is 0. The fourth-order valence-corrected chi connectivity index (χ4v) is 164. The van der Waals surface area contributed by atoms with E-state index in [1.165, 1.54) is 6.26 Å². The van der Waals surface area contributed by atoms with Crippen LogP contribution in [0.5, 0.6) is 0 Å². The van der Waals surface area contributed by atoms with Crippen molar-refractivity contribution < 1.29 is 120 Å². The quantitative estimate of drug-likeness (QED) is 0.0248. The number of ether oxygens (including phenoxy) is 2. The van der Waals surface area contributed by atoms with Crippen molar-refractivity contribution in [2.75, 3.05) is 41.7 Å². The molecule has 0 amide bonds. The van der Waals surface area contributed by atoms with E-state index in [-0.39, 0.29) is 57.1 Å². The molecule has 0 aromatic heterocycles. The van der Waals surface area contributed by atoms with Gasteiger partial charge in [-0.3, -0.25) is 4.79 Å². The van der Waals surface area contributed by atoms with Crippen molar-refractivity contribution in [1.82, 2.24) is 0 Å². The Labute approximate surface area is 764 Å². The summed E-state index contributed by atoms with van der Waals surface area (Å²) in [6.45, 7) is 95.5. The lowest BCUT2D eigenvalue weighted by Crippen LogP contribution is -2.78. The molecule has 1 saturated heterocycles. The third kappa shape index (κ3) is 54.5. The molecular formula is C68H194O28Si24. The number of hydrogen-bond donors (Lipinski definition) is 2. The Kier molecular flexibility index (Phi) is 57.0. The first-order valence-corrected chi connectivity index (χ1v) is 109. The predicted molar refractivity (Wildman–Crippen MR) is 558 cm³/mol. The molecule has 4 unspecified atom stereocenters. The zero-order valence-corrected chi connectivity index (χ0v) is 105. The largest absolute Gasteiger partial charge is 0.505 e. The Balaban J connectivity index is -0.00000249. The van der Waals surface area contributed by atoms with Gasteiger partial charge in [0.25, 0.3) is 0 Å². The van der Waals surface area contributed by atoms with E-state index in [9.17, 15) is 14.4 Å². The van der Waals surface area contributed by atoms with Crippen LogP contribution < -0.4 is 0 Å². The maximum Gasteiger partial charge on any atom is 0.500 e. The molecule has 0 spiro atoms. The Bertz CT molecular complexity index is 2940. The summed E-state index contributed by atoms with van der Waals surface area (Å²) in [6.07, 6.45) is 3.70. The normalized spacial score (nSPS) is 18.9. The Morgan fingerprint density at radius 2 is 0.625 bits per heavy atom. The van der Waals surface area contributed by atoms with Crippen molar-refractivity contribution in [3.05, 3.63) is 12.8 Å². The molecule has 730 valence electrons. The van der Waals surface area contributed by atoms with Crippen LogP contribution in [-0.2, 0) is 110 Å². The minimum Gasteiger partial charge on any atom is -0.505 e. The van der Waals surface area contributed by atoms with Gasteiger partial charge in [-0.05, 0) is 306 Å². The molecule has 1 rings (SSSR count). The third-order valence-corrected chi connectivity index (χ3v) is 137. The lowest BCUT2D eigenvalue weighted by molar-refractivity contribution is -0.147. The van der Waals surface area contributed by atoms with E-state index in [0.29, 0.717) is 31.2 Å². The predicted octanol–water partition coefficient (Wildman–Crippen LogP) is 22.1. The number of carbonyl (C=O) groups excluding carboxylic acids is 1. The molecule has 1 fully saturated rings. The second-order valence-electron chi connectivity index (χ2n) is 40.0. The summed E-state index contributed by atoms with van der Waals surface area (Å²) in [5.41, 5.74) is 0. The molecule has 120 heavy (non-hydrogen) atoms. The summed E-state index contributed by atoms with van der Waals surface area (Å²) < 4.78 is 169. The topological polar surface area (TPSA) is 288 Å². The fraction of sp³-hybridized carbons (Fsp3) is 0.956. The first-order chi connectivity index (χ1) is 50.0. The van der Waals surface area contributed by atoms with Crippen LogP contribution in [0.2, 0.25) is 312 Å². The summed E-state index contributed by atoms with van der Waals surface area (Å²) in [5, 5.41) is 0. The second kappa shape index (κ2) is 50.2. The lowest BCUT2D eigenvalue weighted by atomic mass is 10.2. The highest BCUT2D eigenvalue weighted by atomic mass is 29.7. The van der Waals surface area contributed by atoms with Crippen LogP contribution in [-0.4, -0.2) is 260 Å². The number of methoxy groups -OCH3 is 1. The van der Waals surface area contributed by atoms with Crippen LogP contribution in [0.15, 0.2) is 12.8 Å². The molecule has 0 aliphatic carbocycles. The highest BCUT2D eigenvalue weighted by Gasteiger charge is 2.64. The van der Waals surface area contributed by atoms with Gasteiger partial charge in [-0.1, -0.05) is 77.1 Å². The van der Waals surface area contributed by atoms with Gasteiger partial charge in [0.2, 0.25) is 0 Å². The minimum absolute atomic E-state index is 0. The molecule has 1 aliphatic heterocycles. The van der Waals surface area contributed by atoms with E-state index in [1.54, 1.807) is 54.6 Å². The van der Waals surface area contributed by atoms with Crippen LogP contribution in [0.25, 0.3) is 0 Å². The Morgan fingerprint density at radius 1 is 0.383 bits per heavy atom. The van der Waals surface area contributed by atoms with E-state index in [2.05, 4.69) is 162 Å². The molecule has 1 heterocycles.